The molecule has 2 heteroatoms. The van der Waals surface area contributed by atoms with E-state index in [0.29, 0.717) is 6.61 Å². The first-order valence-electron chi connectivity index (χ1n) is 2.90. The summed E-state index contributed by atoms with van der Waals surface area (Å²) in [5.41, 5.74) is 1.23. The van der Waals surface area contributed by atoms with E-state index in [1.807, 2.05) is 12.2 Å². The van der Waals surface area contributed by atoms with Gasteiger partial charge in [0.1, 0.15) is 6.61 Å². The fraction of sp³-hybridized carbons (Fsp3) is 0.286. The maximum atomic E-state index is 4.94. The van der Waals surface area contributed by atoms with Crippen molar-refractivity contribution >= 4 is 0 Å². The number of ether oxygens (including phenoxy) is 1. The van der Waals surface area contributed by atoms with Crippen LogP contribution in [-0.4, -0.2) is 13.2 Å². The van der Waals surface area contributed by atoms with Crippen LogP contribution in [0.4, 0.5) is 0 Å². The lowest BCUT2D eigenvalue weighted by Crippen LogP contribution is -2.08. The molecule has 1 radical (unpaired) electrons. The summed E-state index contributed by atoms with van der Waals surface area (Å²) in [5, 5.41) is 2.81. The molecule has 0 aromatic carbocycles. The largest absolute Gasteiger partial charge is 0.497 e. The van der Waals surface area contributed by atoms with E-state index in [9.17, 15) is 0 Å². The third-order valence-electron chi connectivity index (χ3n) is 1.15. The Labute approximate surface area is 55.2 Å². The molecule has 1 rings (SSSR count). The highest BCUT2D eigenvalue weighted by atomic mass is 16.5. The Kier molecular flexibility index (Phi) is 2.33. The summed E-state index contributed by atoms with van der Waals surface area (Å²) in [6.07, 6.45) is 5.66. The van der Waals surface area contributed by atoms with Gasteiger partial charge in [0.05, 0.1) is 6.26 Å². The van der Waals surface area contributed by atoms with Crippen LogP contribution in [0, 0.1) is 7.05 Å². The van der Waals surface area contributed by atoms with E-state index in [2.05, 4.69) is 12.4 Å². The van der Waals surface area contributed by atoms with Gasteiger partial charge in [-0.2, -0.15) is 0 Å². The summed E-state index contributed by atoms with van der Waals surface area (Å²) in [7, 11) is 3.51. The molecular formula is C7H10NO. The highest BCUT2D eigenvalue weighted by Crippen LogP contribution is 2.00. The van der Waals surface area contributed by atoms with Crippen molar-refractivity contribution in [2.75, 3.05) is 13.2 Å². The van der Waals surface area contributed by atoms with Crippen LogP contribution >= 0.6 is 0 Å². The number of nitrogens with one attached hydrogen (secondary N) is 1. The predicted octanol–water partition coefficient (Wildman–Crippen LogP) is 0.838. The standard InChI is InChI=1S/C7H10NO/c1-8-6-7-2-4-9-5-3-7/h2-4,8H,1,5-6H2. The summed E-state index contributed by atoms with van der Waals surface area (Å²) >= 11 is 0. The Balaban J connectivity index is 2.38. The van der Waals surface area contributed by atoms with Gasteiger partial charge in [0.15, 0.2) is 0 Å². The van der Waals surface area contributed by atoms with Gasteiger partial charge in [0.2, 0.25) is 0 Å². The maximum absolute atomic E-state index is 4.94. The average Bonchev–Trinajstić information content (AvgIpc) is 1.91. The summed E-state index contributed by atoms with van der Waals surface area (Å²) in [6.45, 7) is 1.51. The SMILES string of the molecule is [CH2]NCC1=CCOC=C1. The minimum Gasteiger partial charge on any atom is -0.497 e. The van der Waals surface area contributed by atoms with Crippen molar-refractivity contribution in [1.29, 1.82) is 0 Å². The molecule has 0 spiro atoms. The molecule has 2 nitrogen and oxygen atoms in total. The van der Waals surface area contributed by atoms with Crippen molar-refractivity contribution in [1.82, 2.24) is 5.32 Å². The molecule has 1 N–H and O–H groups in total. The van der Waals surface area contributed by atoms with Crippen LogP contribution in [0.25, 0.3) is 0 Å². The number of hydrogen-bond donors (Lipinski definition) is 1. The van der Waals surface area contributed by atoms with Crippen LogP contribution in [0.5, 0.6) is 0 Å². The topological polar surface area (TPSA) is 21.3 Å². The lowest BCUT2D eigenvalue weighted by Gasteiger charge is -2.05. The molecule has 0 saturated heterocycles. The third-order valence-corrected chi connectivity index (χ3v) is 1.15. The fourth-order valence-electron chi connectivity index (χ4n) is 0.690. The van der Waals surface area contributed by atoms with Crippen molar-refractivity contribution in [2.24, 2.45) is 0 Å². The molecule has 0 amide bonds. The van der Waals surface area contributed by atoms with Gasteiger partial charge in [-0.05, 0) is 17.7 Å². The second kappa shape index (κ2) is 3.30. The molecule has 0 atom stereocenters. The van der Waals surface area contributed by atoms with Gasteiger partial charge in [0.25, 0.3) is 0 Å². The summed E-state index contributed by atoms with van der Waals surface area (Å²) < 4.78 is 4.94. The molecule has 0 aliphatic carbocycles. The van der Waals surface area contributed by atoms with Crippen molar-refractivity contribution in [2.45, 2.75) is 0 Å². The molecule has 0 saturated carbocycles. The van der Waals surface area contributed by atoms with Crippen LogP contribution in [0.2, 0.25) is 0 Å². The van der Waals surface area contributed by atoms with Crippen LogP contribution in [0.15, 0.2) is 24.0 Å². The molecule has 0 fully saturated rings. The summed E-state index contributed by atoms with van der Waals surface area (Å²) in [6, 6.07) is 0. The zero-order chi connectivity index (χ0) is 6.53. The van der Waals surface area contributed by atoms with Gasteiger partial charge in [-0.1, -0.05) is 0 Å². The zero-order valence-corrected chi connectivity index (χ0v) is 5.26. The van der Waals surface area contributed by atoms with Crippen LogP contribution in [0.3, 0.4) is 0 Å². The minimum atomic E-state index is 0.688. The Hall–Kier alpha value is -0.760. The molecule has 9 heavy (non-hydrogen) atoms. The van der Waals surface area contributed by atoms with Crippen LogP contribution in [0.1, 0.15) is 0 Å². The maximum Gasteiger partial charge on any atom is 0.106 e. The van der Waals surface area contributed by atoms with E-state index in [4.69, 9.17) is 4.74 Å². The Morgan fingerprint density at radius 2 is 2.67 bits per heavy atom. The number of rotatable bonds is 2. The minimum absolute atomic E-state index is 0.688. The molecule has 0 bridgehead atoms. The summed E-state index contributed by atoms with van der Waals surface area (Å²) in [4.78, 5) is 0. The average molecular weight is 124 g/mol. The molecular weight excluding hydrogens is 114 g/mol. The quantitative estimate of drug-likeness (QED) is 0.589. The van der Waals surface area contributed by atoms with E-state index < -0.39 is 0 Å². The molecule has 1 heterocycles. The third kappa shape index (κ3) is 1.90. The van der Waals surface area contributed by atoms with Gasteiger partial charge in [-0.25, -0.2) is 0 Å². The second-order valence-electron chi connectivity index (χ2n) is 1.84. The summed E-state index contributed by atoms with van der Waals surface area (Å²) in [5.74, 6) is 0. The molecule has 1 aliphatic rings. The fourth-order valence-corrected chi connectivity index (χ4v) is 0.690. The molecule has 0 aromatic heterocycles. The Morgan fingerprint density at radius 1 is 1.78 bits per heavy atom. The molecule has 49 valence electrons. The van der Waals surface area contributed by atoms with Gasteiger partial charge >= 0.3 is 0 Å². The number of hydrogen-bond acceptors (Lipinski definition) is 2. The van der Waals surface area contributed by atoms with E-state index in [-0.39, 0.29) is 0 Å². The normalized spacial score (nSPS) is 16.8. The Bertz CT molecular complexity index is 138. The zero-order valence-electron chi connectivity index (χ0n) is 5.26. The van der Waals surface area contributed by atoms with Gasteiger partial charge in [-0.3, -0.25) is 0 Å². The van der Waals surface area contributed by atoms with Crippen molar-refractivity contribution in [3.8, 4) is 0 Å². The van der Waals surface area contributed by atoms with Crippen molar-refractivity contribution in [3.05, 3.63) is 31.0 Å². The van der Waals surface area contributed by atoms with E-state index in [1.54, 1.807) is 6.26 Å². The van der Waals surface area contributed by atoms with Crippen molar-refractivity contribution in [3.63, 3.8) is 0 Å². The van der Waals surface area contributed by atoms with Crippen molar-refractivity contribution < 1.29 is 4.74 Å². The van der Waals surface area contributed by atoms with Gasteiger partial charge < -0.3 is 10.1 Å². The Morgan fingerprint density at radius 3 is 3.22 bits per heavy atom. The lowest BCUT2D eigenvalue weighted by atomic mass is 10.2. The first kappa shape index (κ1) is 6.36. The van der Waals surface area contributed by atoms with Crippen LogP contribution < -0.4 is 5.32 Å². The van der Waals surface area contributed by atoms with E-state index in [0.717, 1.165) is 6.54 Å². The smallest absolute Gasteiger partial charge is 0.106 e. The first-order chi connectivity index (χ1) is 4.43. The van der Waals surface area contributed by atoms with Gasteiger partial charge in [-0.15, -0.1) is 0 Å². The van der Waals surface area contributed by atoms with E-state index in [1.165, 1.54) is 5.57 Å². The van der Waals surface area contributed by atoms with Gasteiger partial charge in [0, 0.05) is 13.6 Å². The monoisotopic (exact) mass is 124 g/mol. The van der Waals surface area contributed by atoms with E-state index >= 15 is 0 Å². The highest BCUT2D eigenvalue weighted by molar-refractivity contribution is 5.21. The predicted molar refractivity (Wildman–Crippen MR) is 36.5 cm³/mol. The van der Waals surface area contributed by atoms with Crippen LogP contribution in [-0.2, 0) is 4.74 Å². The first-order valence-corrected chi connectivity index (χ1v) is 2.90. The molecule has 1 aliphatic heterocycles. The second-order valence-corrected chi connectivity index (χ2v) is 1.84. The molecule has 0 unspecified atom stereocenters. The highest BCUT2D eigenvalue weighted by Gasteiger charge is 1.93. The lowest BCUT2D eigenvalue weighted by molar-refractivity contribution is 0.284. The molecule has 0 aromatic rings.